The van der Waals surface area contributed by atoms with E-state index in [1.165, 1.54) is 17.0 Å². The van der Waals surface area contributed by atoms with Crippen LogP contribution in [0.25, 0.3) is 10.6 Å². The number of nitrogens with two attached hydrogens (primary N) is 1. The van der Waals surface area contributed by atoms with Crippen LogP contribution in [-0.4, -0.2) is 24.1 Å². The number of nitrogen functional groups attached to an aromatic ring is 1. The van der Waals surface area contributed by atoms with E-state index in [1.54, 1.807) is 11.3 Å². The normalized spacial score (nSPS) is 10.2. The van der Waals surface area contributed by atoms with Gasteiger partial charge in [-0.3, -0.25) is 0 Å². The summed E-state index contributed by atoms with van der Waals surface area (Å²) in [6.45, 7) is 1.95. The average molecular weight is 412 g/mol. The Morgan fingerprint density at radius 3 is 2.39 bits per heavy atom. The van der Waals surface area contributed by atoms with E-state index in [0.29, 0.717) is 5.13 Å². The summed E-state index contributed by atoms with van der Waals surface area (Å²) in [5, 5.41) is 6.79. The number of rotatable bonds is 4. The Balaban J connectivity index is 0.00000192. The Morgan fingerprint density at radius 2 is 1.83 bits per heavy atom. The fraction of sp³-hybridized carbons (Fsp3) is 0.200. The predicted octanol–water partition coefficient (Wildman–Crippen LogP) is 4.54. The van der Waals surface area contributed by atoms with Gasteiger partial charge >= 0.3 is 0 Å². The maximum absolute atomic E-state index is 5.75. The minimum absolute atomic E-state index is 0. The van der Waals surface area contributed by atoms with Gasteiger partial charge in [-0.25, -0.2) is 9.97 Å². The Morgan fingerprint density at radius 1 is 1.13 bits per heavy atom. The van der Waals surface area contributed by atoms with Crippen molar-refractivity contribution in [3.63, 3.8) is 0 Å². The van der Waals surface area contributed by atoms with Gasteiger partial charge in [0.25, 0.3) is 0 Å². The number of hydrogen-bond acceptors (Lipinski definition) is 7. The smallest absolute Gasteiger partial charge is 0.187 e. The number of benzene rings is 1. The zero-order chi connectivity index (χ0) is 15.7. The average Bonchev–Trinajstić information content (AvgIpc) is 3.06. The van der Waals surface area contributed by atoms with Crippen molar-refractivity contribution in [3.05, 3.63) is 35.3 Å². The molecule has 0 atom stereocenters. The third kappa shape index (κ3) is 4.01. The van der Waals surface area contributed by atoms with E-state index >= 15 is 0 Å². The van der Waals surface area contributed by atoms with E-state index in [2.05, 4.69) is 32.3 Å². The van der Waals surface area contributed by atoms with Gasteiger partial charge in [0.15, 0.2) is 10.3 Å². The third-order valence-corrected chi connectivity index (χ3v) is 4.95. The minimum Gasteiger partial charge on any atom is -0.378 e. The van der Waals surface area contributed by atoms with Crippen molar-refractivity contribution in [3.8, 4) is 10.6 Å². The minimum atomic E-state index is 0. The van der Waals surface area contributed by atoms with Gasteiger partial charge in [0.1, 0.15) is 0 Å². The molecular weight excluding hydrogens is 394 g/mol. The Kier molecular flexibility index (Phi) is 5.61. The van der Waals surface area contributed by atoms with Crippen molar-refractivity contribution < 1.29 is 0 Å². The lowest BCUT2D eigenvalue weighted by atomic mass is 10.2. The molecule has 0 unspecified atom stereocenters. The topological polar surface area (TPSA) is 67.1 Å². The van der Waals surface area contributed by atoms with Crippen LogP contribution in [0.5, 0.6) is 0 Å². The summed E-state index contributed by atoms with van der Waals surface area (Å²) in [6.07, 6.45) is 0. The summed E-state index contributed by atoms with van der Waals surface area (Å²) >= 11 is 3.04. The van der Waals surface area contributed by atoms with Crippen LogP contribution in [0.2, 0.25) is 0 Å². The van der Waals surface area contributed by atoms with Crippen LogP contribution in [0, 0.1) is 6.92 Å². The van der Waals surface area contributed by atoms with Crippen molar-refractivity contribution in [1.29, 1.82) is 0 Å². The lowest BCUT2D eigenvalue weighted by Crippen LogP contribution is -2.08. The number of anilines is 4. The van der Waals surface area contributed by atoms with Crippen LogP contribution in [-0.2, 0) is 0 Å². The molecule has 0 bridgehead atoms. The molecule has 0 aliphatic heterocycles. The summed E-state index contributed by atoms with van der Waals surface area (Å²) in [5.74, 6) is 0. The molecule has 3 N–H and O–H groups in total. The van der Waals surface area contributed by atoms with Gasteiger partial charge in [0, 0.05) is 30.9 Å². The molecule has 0 amide bonds. The second-order valence-electron chi connectivity index (χ2n) is 5.07. The molecule has 2 heterocycles. The highest BCUT2D eigenvalue weighted by Gasteiger charge is 2.12. The summed E-state index contributed by atoms with van der Waals surface area (Å²) in [7, 11) is 4.05. The summed E-state index contributed by atoms with van der Waals surface area (Å²) in [4.78, 5) is 12.0. The fourth-order valence-corrected chi connectivity index (χ4v) is 3.65. The van der Waals surface area contributed by atoms with Gasteiger partial charge in [-0.1, -0.05) is 11.3 Å². The third-order valence-electron chi connectivity index (χ3n) is 3.18. The van der Waals surface area contributed by atoms with Gasteiger partial charge in [-0.15, -0.1) is 28.3 Å². The number of nitrogens with zero attached hydrogens (tertiary/aromatic N) is 3. The van der Waals surface area contributed by atoms with Gasteiger partial charge in [-0.05, 0) is 31.2 Å². The Hall–Kier alpha value is -1.64. The molecule has 2 aromatic heterocycles. The molecule has 3 rings (SSSR count). The monoisotopic (exact) mass is 411 g/mol. The molecule has 23 heavy (non-hydrogen) atoms. The number of aryl methyl sites for hydroxylation is 1. The highest BCUT2D eigenvalue weighted by Crippen LogP contribution is 2.34. The Labute approximate surface area is 154 Å². The summed E-state index contributed by atoms with van der Waals surface area (Å²) < 4.78 is 0. The quantitative estimate of drug-likeness (QED) is 0.658. The molecule has 0 spiro atoms. The molecule has 0 saturated carbocycles. The highest BCUT2D eigenvalue weighted by molar-refractivity contribution is 8.93. The van der Waals surface area contributed by atoms with E-state index in [0.717, 1.165) is 27.1 Å². The second kappa shape index (κ2) is 7.29. The molecule has 0 aliphatic carbocycles. The molecule has 8 heteroatoms. The van der Waals surface area contributed by atoms with Crippen LogP contribution >= 0.6 is 39.7 Å². The first-order valence-electron chi connectivity index (χ1n) is 6.76. The largest absolute Gasteiger partial charge is 0.378 e. The zero-order valence-corrected chi connectivity index (χ0v) is 16.4. The highest BCUT2D eigenvalue weighted by atomic mass is 79.9. The predicted molar refractivity (Wildman–Crippen MR) is 107 cm³/mol. The molecule has 0 fully saturated rings. The van der Waals surface area contributed by atoms with Crippen LogP contribution in [0.4, 0.5) is 21.6 Å². The number of nitrogens with one attached hydrogen (secondary N) is 1. The van der Waals surface area contributed by atoms with Gasteiger partial charge in [0.05, 0.1) is 16.3 Å². The van der Waals surface area contributed by atoms with Crippen molar-refractivity contribution >= 4 is 61.3 Å². The first-order chi connectivity index (χ1) is 10.5. The molecule has 0 aliphatic rings. The number of aromatic nitrogens is 2. The Bertz CT molecular complexity index is 780. The number of halogens is 1. The van der Waals surface area contributed by atoms with E-state index < -0.39 is 0 Å². The van der Waals surface area contributed by atoms with E-state index in [1.807, 2.05) is 38.5 Å². The van der Waals surface area contributed by atoms with Crippen molar-refractivity contribution in [1.82, 2.24) is 9.97 Å². The molecule has 5 nitrogen and oxygen atoms in total. The van der Waals surface area contributed by atoms with E-state index in [-0.39, 0.29) is 17.0 Å². The SMILES string of the molecule is Br.Cc1nc(N)sc1-c1csc(Nc2ccc(N(C)C)cc2)n1. The molecular formula is C15H18BrN5S2. The van der Waals surface area contributed by atoms with Crippen LogP contribution < -0.4 is 16.0 Å². The van der Waals surface area contributed by atoms with Crippen LogP contribution in [0.3, 0.4) is 0 Å². The van der Waals surface area contributed by atoms with Crippen molar-refractivity contribution in [2.45, 2.75) is 6.92 Å². The molecule has 0 radical (unpaired) electrons. The molecule has 1 aromatic carbocycles. The zero-order valence-electron chi connectivity index (χ0n) is 13.0. The number of thiazole rings is 2. The first kappa shape index (κ1) is 17.7. The molecule has 122 valence electrons. The fourth-order valence-electron chi connectivity index (χ4n) is 2.06. The van der Waals surface area contributed by atoms with Gasteiger partial charge < -0.3 is 16.0 Å². The van der Waals surface area contributed by atoms with E-state index in [9.17, 15) is 0 Å². The van der Waals surface area contributed by atoms with Gasteiger partial charge in [-0.2, -0.15) is 0 Å². The van der Waals surface area contributed by atoms with Crippen LogP contribution in [0.15, 0.2) is 29.6 Å². The van der Waals surface area contributed by atoms with Crippen LogP contribution in [0.1, 0.15) is 5.69 Å². The number of hydrogen-bond donors (Lipinski definition) is 2. The lowest BCUT2D eigenvalue weighted by molar-refractivity contribution is 1.13. The lowest BCUT2D eigenvalue weighted by Gasteiger charge is -2.12. The van der Waals surface area contributed by atoms with Gasteiger partial charge in [0.2, 0.25) is 0 Å². The maximum Gasteiger partial charge on any atom is 0.187 e. The van der Waals surface area contributed by atoms with Crippen molar-refractivity contribution in [2.75, 3.05) is 30.0 Å². The van der Waals surface area contributed by atoms with Crippen molar-refractivity contribution in [2.24, 2.45) is 0 Å². The molecule has 0 saturated heterocycles. The summed E-state index contributed by atoms with van der Waals surface area (Å²) in [6, 6.07) is 8.24. The first-order valence-corrected chi connectivity index (χ1v) is 8.46. The maximum atomic E-state index is 5.75. The standard InChI is InChI=1S/C15H17N5S2.BrH/c1-9-13(22-14(16)17-9)12-8-21-15(19-12)18-10-4-6-11(7-5-10)20(2)3;/h4-8H,1-3H3,(H2,16,17)(H,18,19);1H. The molecule has 3 aromatic rings. The second-order valence-corrected chi connectivity index (χ2v) is 6.96. The summed E-state index contributed by atoms with van der Waals surface area (Å²) in [5.41, 5.74) is 9.78. The van der Waals surface area contributed by atoms with E-state index in [4.69, 9.17) is 5.73 Å².